The zero-order valence-corrected chi connectivity index (χ0v) is 14.0. The van der Waals surface area contributed by atoms with Gasteiger partial charge >= 0.3 is 0 Å². The summed E-state index contributed by atoms with van der Waals surface area (Å²) in [4.78, 5) is 0. The summed E-state index contributed by atoms with van der Waals surface area (Å²) in [6.07, 6.45) is 0. The number of ether oxygens (including phenoxy) is 2. The molecule has 0 fully saturated rings. The van der Waals surface area contributed by atoms with Gasteiger partial charge in [-0.3, -0.25) is 0 Å². The predicted molar refractivity (Wildman–Crippen MR) is 96.1 cm³/mol. The maximum absolute atomic E-state index is 5.90. The zero-order valence-electron chi connectivity index (χ0n) is 14.0. The first-order valence-electron chi connectivity index (χ1n) is 7.99. The molecule has 0 atom stereocenters. The van der Waals surface area contributed by atoms with Crippen LogP contribution in [0.1, 0.15) is 23.7 Å². The molecule has 0 aliphatic rings. The van der Waals surface area contributed by atoms with E-state index in [1.54, 1.807) is 13.0 Å². The van der Waals surface area contributed by atoms with E-state index in [0.29, 0.717) is 30.5 Å². The van der Waals surface area contributed by atoms with Gasteiger partial charge in [-0.15, -0.1) is 10.2 Å². The van der Waals surface area contributed by atoms with Gasteiger partial charge in [0.15, 0.2) is 5.75 Å². The first kappa shape index (κ1) is 16.5. The summed E-state index contributed by atoms with van der Waals surface area (Å²) in [5.74, 6) is 6.60. The number of nitrogens with zero attached hydrogens (tertiary/aromatic N) is 2. The highest BCUT2D eigenvalue weighted by Gasteiger charge is 2.10. The molecular formula is C21H18N2O2. The fourth-order valence-corrected chi connectivity index (χ4v) is 2.22. The van der Waals surface area contributed by atoms with E-state index in [1.165, 1.54) is 0 Å². The number of benzene rings is 2. The van der Waals surface area contributed by atoms with Crippen molar-refractivity contribution in [3.63, 3.8) is 0 Å². The fourth-order valence-electron chi connectivity index (χ4n) is 2.22. The minimum absolute atomic E-state index is 0.362. The highest BCUT2D eigenvalue weighted by Crippen LogP contribution is 2.26. The Morgan fingerprint density at radius 1 is 0.800 bits per heavy atom. The molecule has 0 bridgehead atoms. The van der Waals surface area contributed by atoms with Gasteiger partial charge in [0.2, 0.25) is 0 Å². The molecule has 0 radical (unpaired) electrons. The SMILES string of the molecule is CC#Cc1cc(OCc2ccccc2)c(OCc2ccccc2)nn1. The molecule has 1 aromatic heterocycles. The molecule has 0 unspecified atom stereocenters. The normalized spacial score (nSPS) is 9.80. The Balaban J connectivity index is 1.76. The molecule has 3 rings (SSSR count). The lowest BCUT2D eigenvalue weighted by molar-refractivity contribution is 0.244. The highest BCUT2D eigenvalue weighted by molar-refractivity contribution is 5.39. The number of aromatic nitrogens is 2. The molecule has 0 N–H and O–H groups in total. The molecule has 1 heterocycles. The van der Waals surface area contributed by atoms with Gasteiger partial charge in [-0.1, -0.05) is 66.6 Å². The molecule has 0 saturated heterocycles. The van der Waals surface area contributed by atoms with E-state index in [9.17, 15) is 0 Å². The van der Waals surface area contributed by atoms with Gasteiger partial charge in [0.1, 0.15) is 18.9 Å². The summed E-state index contributed by atoms with van der Waals surface area (Å²) >= 11 is 0. The van der Waals surface area contributed by atoms with Crippen molar-refractivity contribution in [2.24, 2.45) is 0 Å². The summed E-state index contributed by atoms with van der Waals surface area (Å²) in [5, 5.41) is 8.19. The Hall–Kier alpha value is -3.32. The van der Waals surface area contributed by atoms with Gasteiger partial charge in [-0.25, -0.2) is 0 Å². The van der Waals surface area contributed by atoms with Crippen molar-refractivity contribution in [1.29, 1.82) is 0 Å². The van der Waals surface area contributed by atoms with E-state index in [2.05, 4.69) is 22.0 Å². The molecule has 0 saturated carbocycles. The summed E-state index contributed by atoms with van der Waals surface area (Å²) < 4.78 is 11.7. The van der Waals surface area contributed by atoms with E-state index in [4.69, 9.17) is 9.47 Å². The molecule has 124 valence electrons. The molecule has 4 heteroatoms. The monoisotopic (exact) mass is 330 g/mol. The second-order valence-corrected chi connectivity index (χ2v) is 5.32. The third-order valence-electron chi connectivity index (χ3n) is 3.44. The molecule has 0 amide bonds. The Bertz CT molecular complexity index is 869. The molecule has 4 nitrogen and oxygen atoms in total. The van der Waals surface area contributed by atoms with Crippen LogP contribution in [0, 0.1) is 11.8 Å². The lowest BCUT2D eigenvalue weighted by Gasteiger charge is -2.11. The largest absolute Gasteiger partial charge is 0.483 e. The van der Waals surface area contributed by atoms with E-state index in [-0.39, 0.29) is 0 Å². The first-order valence-corrected chi connectivity index (χ1v) is 7.99. The van der Waals surface area contributed by atoms with Crippen LogP contribution >= 0.6 is 0 Å². The summed E-state index contributed by atoms with van der Waals surface area (Å²) in [5.41, 5.74) is 2.67. The van der Waals surface area contributed by atoms with Gasteiger partial charge in [0.05, 0.1) is 0 Å². The average molecular weight is 330 g/mol. The summed E-state index contributed by atoms with van der Waals surface area (Å²) in [6.45, 7) is 2.58. The number of rotatable bonds is 6. The van der Waals surface area contributed by atoms with Gasteiger partial charge in [0.25, 0.3) is 5.88 Å². The predicted octanol–water partition coefficient (Wildman–Crippen LogP) is 4.01. The van der Waals surface area contributed by atoms with Crippen LogP contribution in [0.5, 0.6) is 11.6 Å². The van der Waals surface area contributed by atoms with Crippen LogP contribution in [-0.4, -0.2) is 10.2 Å². The Kier molecular flexibility index (Phi) is 5.63. The minimum Gasteiger partial charge on any atom is -0.483 e. The molecule has 0 aliphatic heterocycles. The Morgan fingerprint density at radius 2 is 1.40 bits per heavy atom. The molecule has 25 heavy (non-hydrogen) atoms. The van der Waals surface area contributed by atoms with Gasteiger partial charge in [0, 0.05) is 6.07 Å². The average Bonchev–Trinajstić information content (AvgIpc) is 2.67. The summed E-state index contributed by atoms with van der Waals surface area (Å²) in [6, 6.07) is 21.6. The Labute approximate surface area is 147 Å². The van der Waals surface area contributed by atoms with Crippen LogP contribution in [0.3, 0.4) is 0 Å². The van der Waals surface area contributed by atoms with Crippen molar-refractivity contribution in [2.75, 3.05) is 0 Å². The van der Waals surface area contributed by atoms with Crippen LogP contribution in [0.4, 0.5) is 0 Å². The molecule has 0 aliphatic carbocycles. The lowest BCUT2D eigenvalue weighted by Crippen LogP contribution is -2.04. The zero-order chi connectivity index (χ0) is 17.3. The fraction of sp³-hybridized carbons (Fsp3) is 0.143. The highest BCUT2D eigenvalue weighted by atomic mass is 16.5. The third-order valence-corrected chi connectivity index (χ3v) is 3.44. The second-order valence-electron chi connectivity index (χ2n) is 5.32. The first-order chi connectivity index (χ1) is 12.3. The summed E-state index contributed by atoms with van der Waals surface area (Å²) in [7, 11) is 0. The third kappa shape index (κ3) is 4.82. The van der Waals surface area contributed by atoms with Crippen molar-refractivity contribution in [3.05, 3.63) is 83.6 Å². The van der Waals surface area contributed by atoms with Crippen molar-refractivity contribution < 1.29 is 9.47 Å². The number of hydrogen-bond donors (Lipinski definition) is 0. The van der Waals surface area contributed by atoms with E-state index < -0.39 is 0 Å². The maximum Gasteiger partial charge on any atom is 0.276 e. The van der Waals surface area contributed by atoms with Crippen molar-refractivity contribution in [3.8, 4) is 23.5 Å². The van der Waals surface area contributed by atoms with E-state index in [0.717, 1.165) is 11.1 Å². The van der Waals surface area contributed by atoms with Crippen LogP contribution in [0.25, 0.3) is 0 Å². The molecule has 0 spiro atoms. The van der Waals surface area contributed by atoms with Crippen LogP contribution in [-0.2, 0) is 13.2 Å². The van der Waals surface area contributed by atoms with E-state index >= 15 is 0 Å². The van der Waals surface area contributed by atoms with Crippen LogP contribution in [0.15, 0.2) is 66.7 Å². The number of hydrogen-bond acceptors (Lipinski definition) is 4. The van der Waals surface area contributed by atoms with Crippen molar-refractivity contribution in [1.82, 2.24) is 10.2 Å². The molecule has 3 aromatic rings. The van der Waals surface area contributed by atoms with Gasteiger partial charge in [-0.05, 0) is 24.0 Å². The Morgan fingerprint density at radius 3 is 2.00 bits per heavy atom. The smallest absolute Gasteiger partial charge is 0.276 e. The van der Waals surface area contributed by atoms with Crippen molar-refractivity contribution >= 4 is 0 Å². The quantitative estimate of drug-likeness (QED) is 0.641. The second kappa shape index (κ2) is 8.51. The van der Waals surface area contributed by atoms with Gasteiger partial charge in [-0.2, -0.15) is 0 Å². The van der Waals surface area contributed by atoms with Crippen LogP contribution < -0.4 is 9.47 Å². The van der Waals surface area contributed by atoms with Crippen LogP contribution in [0.2, 0.25) is 0 Å². The minimum atomic E-state index is 0.362. The maximum atomic E-state index is 5.90. The molecular weight excluding hydrogens is 312 g/mol. The van der Waals surface area contributed by atoms with E-state index in [1.807, 2.05) is 60.7 Å². The van der Waals surface area contributed by atoms with Crippen molar-refractivity contribution in [2.45, 2.75) is 20.1 Å². The topological polar surface area (TPSA) is 44.2 Å². The molecule has 2 aromatic carbocycles. The van der Waals surface area contributed by atoms with Gasteiger partial charge < -0.3 is 9.47 Å². The standard InChI is InChI=1S/C21H18N2O2/c1-2-9-19-14-20(24-15-17-10-5-3-6-11-17)21(23-22-19)25-16-18-12-7-4-8-13-18/h3-8,10-14H,15-16H2,1H3. The lowest BCUT2D eigenvalue weighted by atomic mass is 10.2.